The van der Waals surface area contributed by atoms with E-state index < -0.39 is 0 Å². The van der Waals surface area contributed by atoms with Crippen molar-refractivity contribution in [2.75, 3.05) is 23.7 Å². The largest absolute Gasteiger partial charge is 0.391 e. The maximum atomic E-state index is 12.0. The van der Waals surface area contributed by atoms with Gasteiger partial charge in [-0.05, 0) is 29.7 Å². The number of anilines is 2. The average Bonchev–Trinajstić information content (AvgIpc) is 3.20. The summed E-state index contributed by atoms with van der Waals surface area (Å²) in [6.07, 6.45) is 3.71. The highest BCUT2D eigenvalue weighted by Gasteiger charge is 2.33. The molecule has 3 heterocycles. The molecule has 2 aliphatic rings. The number of aliphatic hydroxyl groups is 1. The first-order chi connectivity index (χ1) is 12.6. The first-order valence-corrected chi connectivity index (χ1v) is 8.64. The normalized spacial score (nSPS) is 25.1. The molecule has 1 aliphatic heterocycles. The van der Waals surface area contributed by atoms with E-state index in [1.165, 1.54) is 4.68 Å². The van der Waals surface area contributed by atoms with Gasteiger partial charge in [0.05, 0.1) is 6.10 Å². The van der Waals surface area contributed by atoms with Gasteiger partial charge in [0.15, 0.2) is 0 Å². The number of rotatable bonds is 5. The first kappa shape index (κ1) is 16.6. The molecule has 1 amide bonds. The number of carbonyl (C=O) groups excluding carboxylic acids is 1. The fraction of sp³-hybridized carbons (Fsp3) is 0.600. The maximum Gasteiger partial charge on any atom is 0.242 e. The third-order valence-electron chi connectivity index (χ3n) is 4.94. The summed E-state index contributed by atoms with van der Waals surface area (Å²) in [5.74, 6) is 1.11. The lowest BCUT2D eigenvalue weighted by molar-refractivity contribution is -0.123. The van der Waals surface area contributed by atoms with Crippen molar-refractivity contribution in [2.45, 2.75) is 43.9 Å². The summed E-state index contributed by atoms with van der Waals surface area (Å²) < 4.78 is 1.26. The molecule has 4 N–H and O–H groups in total. The predicted molar refractivity (Wildman–Crippen MR) is 91.0 cm³/mol. The highest BCUT2D eigenvalue weighted by molar-refractivity contribution is 5.76. The van der Waals surface area contributed by atoms with Crippen LogP contribution in [0, 0.1) is 0 Å². The second-order valence-electron chi connectivity index (χ2n) is 6.82. The fourth-order valence-electron chi connectivity index (χ4n) is 3.42. The average molecular weight is 359 g/mol. The Kier molecular flexibility index (Phi) is 4.37. The summed E-state index contributed by atoms with van der Waals surface area (Å²) in [5.41, 5.74) is 6.53. The summed E-state index contributed by atoms with van der Waals surface area (Å²) in [4.78, 5) is 22.8. The van der Waals surface area contributed by atoms with Crippen LogP contribution in [0.1, 0.15) is 30.9 Å². The number of nitrogens with two attached hydrogens (primary N) is 1. The van der Waals surface area contributed by atoms with Crippen LogP contribution in [0.4, 0.5) is 11.8 Å². The molecule has 2 aromatic rings. The minimum atomic E-state index is -0.286. The zero-order valence-electron chi connectivity index (χ0n) is 14.2. The third-order valence-corrected chi connectivity index (χ3v) is 4.94. The molecule has 1 aliphatic carbocycles. The van der Waals surface area contributed by atoms with Crippen molar-refractivity contribution >= 4 is 17.7 Å². The summed E-state index contributed by atoms with van der Waals surface area (Å²) in [6.45, 7) is 1.43. The zero-order chi connectivity index (χ0) is 18.1. The number of tetrazole rings is 1. The number of carbonyl (C=O) groups is 1. The number of nitrogens with zero attached hydrogens (tertiary/aromatic N) is 7. The van der Waals surface area contributed by atoms with E-state index in [4.69, 9.17) is 5.73 Å². The summed E-state index contributed by atoms with van der Waals surface area (Å²) in [5, 5.41) is 23.2. The number of nitrogen functional groups attached to an aromatic ring is 1. The van der Waals surface area contributed by atoms with E-state index in [1.807, 2.05) is 6.07 Å². The molecule has 26 heavy (non-hydrogen) atoms. The molecule has 4 rings (SSSR count). The molecule has 1 saturated carbocycles. The number of hydrogen-bond acceptors (Lipinski definition) is 9. The Labute approximate surface area is 149 Å². The Balaban J connectivity index is 1.29. The van der Waals surface area contributed by atoms with Crippen LogP contribution in [0.2, 0.25) is 0 Å². The quantitative estimate of drug-likeness (QED) is 0.591. The smallest absolute Gasteiger partial charge is 0.242 e. The third kappa shape index (κ3) is 3.43. The van der Waals surface area contributed by atoms with Crippen LogP contribution in [0.15, 0.2) is 12.4 Å². The van der Waals surface area contributed by atoms with E-state index in [-0.39, 0.29) is 30.5 Å². The molecule has 0 radical (unpaired) electrons. The second-order valence-corrected chi connectivity index (χ2v) is 6.82. The van der Waals surface area contributed by atoms with Crippen molar-refractivity contribution in [1.29, 1.82) is 0 Å². The molecule has 11 heteroatoms. The molecule has 0 aromatic carbocycles. The summed E-state index contributed by atoms with van der Waals surface area (Å²) >= 11 is 0. The van der Waals surface area contributed by atoms with Crippen LogP contribution in [-0.4, -0.2) is 66.4 Å². The molecule has 0 spiro atoms. The molecule has 1 unspecified atom stereocenters. The van der Waals surface area contributed by atoms with Crippen molar-refractivity contribution in [3.05, 3.63) is 18.1 Å². The highest BCUT2D eigenvalue weighted by atomic mass is 16.3. The van der Waals surface area contributed by atoms with Crippen molar-refractivity contribution < 1.29 is 9.90 Å². The Morgan fingerprint density at radius 1 is 1.38 bits per heavy atom. The van der Waals surface area contributed by atoms with Gasteiger partial charge in [0.1, 0.15) is 18.7 Å². The predicted octanol–water partition coefficient (Wildman–Crippen LogP) is -1.32. The standard InChI is InChI=1S/C15H21N9O2/c16-15-20-21-22-24(15)7-14(26)19-10-3-9(4-10)12-5-13(18-8-17-12)23-2-1-11(25)6-23/h5,8-11,25H,1-4,6-7H2,(H,19,26)(H2,16,20,22). The van der Waals surface area contributed by atoms with Crippen LogP contribution in [0.3, 0.4) is 0 Å². The molecule has 11 nitrogen and oxygen atoms in total. The van der Waals surface area contributed by atoms with Crippen molar-refractivity contribution in [1.82, 2.24) is 35.5 Å². The van der Waals surface area contributed by atoms with E-state index in [9.17, 15) is 9.90 Å². The van der Waals surface area contributed by atoms with E-state index >= 15 is 0 Å². The lowest BCUT2D eigenvalue weighted by Gasteiger charge is -2.35. The summed E-state index contributed by atoms with van der Waals surface area (Å²) in [6, 6.07) is 2.10. The first-order valence-electron chi connectivity index (χ1n) is 8.64. The molecule has 138 valence electrons. The van der Waals surface area contributed by atoms with Gasteiger partial charge in [0.25, 0.3) is 0 Å². The van der Waals surface area contributed by atoms with Gasteiger partial charge in [-0.15, -0.1) is 0 Å². The monoisotopic (exact) mass is 359 g/mol. The zero-order valence-corrected chi connectivity index (χ0v) is 14.2. The van der Waals surface area contributed by atoms with Crippen LogP contribution in [0.25, 0.3) is 0 Å². The lowest BCUT2D eigenvalue weighted by Crippen LogP contribution is -2.45. The van der Waals surface area contributed by atoms with Gasteiger partial charge in [-0.3, -0.25) is 4.79 Å². The highest BCUT2D eigenvalue weighted by Crippen LogP contribution is 2.36. The van der Waals surface area contributed by atoms with Gasteiger partial charge in [-0.25, -0.2) is 14.6 Å². The Morgan fingerprint density at radius 3 is 2.92 bits per heavy atom. The minimum absolute atomic E-state index is 0.00887. The van der Waals surface area contributed by atoms with E-state index in [1.54, 1.807) is 6.33 Å². The molecular weight excluding hydrogens is 338 g/mol. The van der Waals surface area contributed by atoms with Crippen molar-refractivity contribution in [2.24, 2.45) is 0 Å². The SMILES string of the molecule is Nc1nnnn1CC(=O)NC1CC(c2cc(N3CCC(O)C3)ncn2)C1. The van der Waals surface area contributed by atoms with Crippen LogP contribution in [0.5, 0.6) is 0 Å². The minimum Gasteiger partial charge on any atom is -0.391 e. The van der Waals surface area contributed by atoms with Crippen LogP contribution >= 0.6 is 0 Å². The fourth-order valence-corrected chi connectivity index (χ4v) is 3.42. The molecule has 2 aromatic heterocycles. The second kappa shape index (κ2) is 6.83. The van der Waals surface area contributed by atoms with Gasteiger partial charge < -0.3 is 21.1 Å². The Morgan fingerprint density at radius 2 is 2.23 bits per heavy atom. The van der Waals surface area contributed by atoms with E-state index in [2.05, 4.69) is 35.7 Å². The van der Waals surface area contributed by atoms with Gasteiger partial charge in [0.2, 0.25) is 11.9 Å². The molecule has 2 fully saturated rings. The van der Waals surface area contributed by atoms with E-state index in [0.717, 1.165) is 37.3 Å². The number of β-amino-alcohol motifs (C(OH)–C–C–N with tert-alkyl or cyclic N) is 1. The molecular formula is C15H21N9O2. The van der Waals surface area contributed by atoms with E-state index in [0.29, 0.717) is 12.5 Å². The van der Waals surface area contributed by atoms with Crippen LogP contribution in [-0.2, 0) is 11.3 Å². The Hall–Kier alpha value is -2.82. The molecule has 1 saturated heterocycles. The number of hydrogen-bond donors (Lipinski definition) is 3. The van der Waals surface area contributed by atoms with Crippen molar-refractivity contribution in [3.63, 3.8) is 0 Å². The number of amides is 1. The lowest BCUT2D eigenvalue weighted by atomic mass is 9.78. The molecule has 0 bridgehead atoms. The Bertz CT molecular complexity index is 789. The number of aliphatic hydroxyl groups excluding tert-OH is 1. The van der Waals surface area contributed by atoms with Crippen LogP contribution < -0.4 is 16.0 Å². The van der Waals surface area contributed by atoms with Gasteiger partial charge in [0, 0.05) is 36.8 Å². The summed E-state index contributed by atoms with van der Waals surface area (Å²) in [7, 11) is 0. The van der Waals surface area contributed by atoms with Gasteiger partial charge >= 0.3 is 0 Å². The van der Waals surface area contributed by atoms with Gasteiger partial charge in [-0.1, -0.05) is 5.10 Å². The number of aromatic nitrogens is 6. The van der Waals surface area contributed by atoms with Crippen molar-refractivity contribution in [3.8, 4) is 0 Å². The van der Waals surface area contributed by atoms with Gasteiger partial charge in [-0.2, -0.15) is 0 Å². The topological polar surface area (TPSA) is 148 Å². The molecule has 1 atom stereocenters. The number of nitrogens with one attached hydrogen (secondary N) is 1. The maximum absolute atomic E-state index is 12.0.